The molecule has 0 radical (unpaired) electrons. The van der Waals surface area contributed by atoms with Crippen LogP contribution in [0.15, 0.2) is 36.4 Å². The summed E-state index contributed by atoms with van der Waals surface area (Å²) in [6, 6.07) is 8.73. The van der Waals surface area contributed by atoms with Crippen LogP contribution in [0.25, 0.3) is 0 Å². The summed E-state index contributed by atoms with van der Waals surface area (Å²) >= 11 is 4.61. The number of benzene rings is 1. The van der Waals surface area contributed by atoms with Crippen molar-refractivity contribution in [3.8, 4) is 0 Å². The lowest BCUT2D eigenvalue weighted by Gasteiger charge is -2.18. The lowest BCUT2D eigenvalue weighted by molar-refractivity contribution is 0.319. The number of epoxide rings is 1. The van der Waals surface area contributed by atoms with Gasteiger partial charge in [-0.25, -0.2) is 0 Å². The van der Waals surface area contributed by atoms with Crippen molar-refractivity contribution in [2.45, 2.75) is 57.5 Å². The molecule has 0 bridgehead atoms. The van der Waals surface area contributed by atoms with Gasteiger partial charge in [-0.15, -0.1) is 0 Å². The summed E-state index contributed by atoms with van der Waals surface area (Å²) in [5.74, 6) is 0.622. The van der Waals surface area contributed by atoms with Crippen LogP contribution in [0.1, 0.15) is 57.8 Å². The SMILES string of the molecule is C/C=C/CC[C@H](C)C1O[C@@H]1c1ccc(C(C)(C)S)cc1. The highest BCUT2D eigenvalue weighted by atomic mass is 32.1. The summed E-state index contributed by atoms with van der Waals surface area (Å²) in [5.41, 5.74) is 2.55. The van der Waals surface area contributed by atoms with Crippen molar-refractivity contribution in [3.63, 3.8) is 0 Å². The van der Waals surface area contributed by atoms with Crippen LogP contribution in [0.5, 0.6) is 0 Å². The monoisotopic (exact) mass is 290 g/mol. The van der Waals surface area contributed by atoms with E-state index < -0.39 is 0 Å². The molecule has 0 saturated carbocycles. The van der Waals surface area contributed by atoms with Crippen molar-refractivity contribution in [3.05, 3.63) is 47.5 Å². The Morgan fingerprint density at radius 1 is 1.30 bits per heavy atom. The quantitative estimate of drug-likeness (QED) is 0.427. The predicted octanol–water partition coefficient (Wildman–Crippen LogP) is 5.28. The Hall–Kier alpha value is -0.730. The molecule has 1 nitrogen and oxygen atoms in total. The predicted molar refractivity (Wildman–Crippen MR) is 89.3 cm³/mol. The number of hydrogen-bond acceptors (Lipinski definition) is 2. The molecule has 1 aliphatic rings. The zero-order valence-electron chi connectivity index (χ0n) is 13.0. The topological polar surface area (TPSA) is 12.5 Å². The molecule has 1 heterocycles. The summed E-state index contributed by atoms with van der Waals surface area (Å²) in [6.07, 6.45) is 7.40. The molecule has 0 amide bonds. The third-order valence-electron chi connectivity index (χ3n) is 4.06. The molecule has 1 aromatic rings. The van der Waals surface area contributed by atoms with Gasteiger partial charge in [0, 0.05) is 4.75 Å². The van der Waals surface area contributed by atoms with Gasteiger partial charge in [0.05, 0.1) is 6.10 Å². The first kappa shape index (κ1) is 15.7. The van der Waals surface area contributed by atoms with Crippen LogP contribution in [0, 0.1) is 5.92 Å². The van der Waals surface area contributed by atoms with Gasteiger partial charge in [-0.05, 0) is 50.7 Å². The van der Waals surface area contributed by atoms with Crippen molar-refractivity contribution < 1.29 is 4.74 Å². The largest absolute Gasteiger partial charge is 0.364 e. The maximum atomic E-state index is 5.88. The average molecular weight is 290 g/mol. The first-order valence-electron chi connectivity index (χ1n) is 7.53. The van der Waals surface area contributed by atoms with Gasteiger partial charge < -0.3 is 4.74 Å². The van der Waals surface area contributed by atoms with Crippen molar-refractivity contribution in [1.29, 1.82) is 0 Å². The Kier molecular flexibility index (Phi) is 4.98. The Bertz CT molecular complexity index is 455. The maximum absolute atomic E-state index is 5.88. The zero-order valence-corrected chi connectivity index (χ0v) is 13.9. The number of rotatable bonds is 6. The van der Waals surface area contributed by atoms with E-state index in [9.17, 15) is 0 Å². The highest BCUT2D eigenvalue weighted by Crippen LogP contribution is 2.44. The van der Waals surface area contributed by atoms with Crippen LogP contribution >= 0.6 is 12.6 Å². The standard InChI is InChI=1S/C18H26OS/c1-5-6-7-8-13(2)16-17(19-16)14-9-11-15(12-10-14)18(3,4)20/h5-6,9-13,16-17,20H,7-8H2,1-4H3/b6-5+/t13-,16?,17+/m0/s1. The Morgan fingerprint density at radius 3 is 2.50 bits per heavy atom. The van der Waals surface area contributed by atoms with Crippen LogP contribution in [-0.4, -0.2) is 6.10 Å². The van der Waals surface area contributed by atoms with Crippen molar-refractivity contribution in [2.75, 3.05) is 0 Å². The molecule has 1 unspecified atom stereocenters. The van der Waals surface area contributed by atoms with E-state index in [1.54, 1.807) is 0 Å². The fraction of sp³-hybridized carbons (Fsp3) is 0.556. The fourth-order valence-corrected chi connectivity index (χ4v) is 2.74. The van der Waals surface area contributed by atoms with Crippen LogP contribution in [-0.2, 0) is 9.48 Å². The van der Waals surface area contributed by atoms with Crippen molar-refractivity contribution in [2.24, 2.45) is 5.92 Å². The normalized spacial score (nSPS) is 24.1. The number of thiol groups is 1. The lowest BCUT2D eigenvalue weighted by atomic mass is 9.95. The van der Waals surface area contributed by atoms with Crippen molar-refractivity contribution >= 4 is 12.6 Å². The third kappa shape index (κ3) is 3.89. The van der Waals surface area contributed by atoms with Gasteiger partial charge in [0.2, 0.25) is 0 Å². The van der Waals surface area contributed by atoms with Gasteiger partial charge in [0.25, 0.3) is 0 Å². The minimum absolute atomic E-state index is 0.0812. The molecular formula is C18H26OS. The molecule has 110 valence electrons. The molecule has 3 atom stereocenters. The molecule has 1 aromatic carbocycles. The van der Waals surface area contributed by atoms with E-state index in [4.69, 9.17) is 4.74 Å². The van der Waals surface area contributed by atoms with E-state index in [1.165, 1.54) is 17.5 Å². The second kappa shape index (κ2) is 6.36. The Balaban J connectivity index is 1.91. The van der Waals surface area contributed by atoms with Crippen molar-refractivity contribution in [1.82, 2.24) is 0 Å². The van der Waals surface area contributed by atoms with Gasteiger partial charge in [-0.3, -0.25) is 0 Å². The second-order valence-electron chi connectivity index (χ2n) is 6.33. The Morgan fingerprint density at radius 2 is 1.95 bits per heavy atom. The molecule has 0 spiro atoms. The third-order valence-corrected chi connectivity index (χ3v) is 4.31. The molecule has 0 aromatic heterocycles. The van der Waals surface area contributed by atoms with E-state index >= 15 is 0 Å². The van der Waals surface area contributed by atoms with Crippen LogP contribution in [0.2, 0.25) is 0 Å². The molecule has 1 fully saturated rings. The van der Waals surface area contributed by atoms with E-state index in [0.717, 1.165) is 6.42 Å². The summed E-state index contributed by atoms with van der Waals surface area (Å²) in [7, 11) is 0. The first-order chi connectivity index (χ1) is 9.43. The molecule has 1 aliphatic heterocycles. The number of hydrogen-bond donors (Lipinski definition) is 1. The highest BCUT2D eigenvalue weighted by Gasteiger charge is 2.43. The Labute approximate surface area is 128 Å². The lowest BCUT2D eigenvalue weighted by Crippen LogP contribution is -2.07. The van der Waals surface area contributed by atoms with Crippen LogP contribution < -0.4 is 0 Å². The molecule has 0 aliphatic carbocycles. The van der Waals surface area contributed by atoms with E-state index in [2.05, 4.69) is 76.7 Å². The summed E-state index contributed by atoms with van der Waals surface area (Å²) in [5, 5.41) is 0. The van der Waals surface area contributed by atoms with E-state index in [0.29, 0.717) is 18.1 Å². The zero-order chi connectivity index (χ0) is 14.8. The van der Waals surface area contributed by atoms with Gasteiger partial charge in [0.15, 0.2) is 0 Å². The average Bonchev–Trinajstić information content (AvgIpc) is 3.18. The van der Waals surface area contributed by atoms with Gasteiger partial charge in [-0.2, -0.15) is 12.6 Å². The minimum atomic E-state index is -0.0812. The minimum Gasteiger partial charge on any atom is -0.364 e. The first-order valence-corrected chi connectivity index (χ1v) is 7.97. The highest BCUT2D eigenvalue weighted by molar-refractivity contribution is 7.81. The molecule has 2 heteroatoms. The van der Waals surface area contributed by atoms with Gasteiger partial charge in [-0.1, -0.05) is 43.3 Å². The molecule has 2 rings (SSSR count). The number of ether oxygens (including phenoxy) is 1. The molecule has 1 saturated heterocycles. The molecule has 0 N–H and O–H groups in total. The van der Waals surface area contributed by atoms with Gasteiger partial charge >= 0.3 is 0 Å². The van der Waals surface area contributed by atoms with E-state index in [-0.39, 0.29) is 4.75 Å². The van der Waals surface area contributed by atoms with Crippen LogP contribution in [0.4, 0.5) is 0 Å². The second-order valence-corrected chi connectivity index (χ2v) is 7.44. The smallest absolute Gasteiger partial charge is 0.109 e. The summed E-state index contributed by atoms with van der Waals surface area (Å²) in [6.45, 7) is 8.60. The molecule has 20 heavy (non-hydrogen) atoms. The summed E-state index contributed by atoms with van der Waals surface area (Å²) in [4.78, 5) is 0. The summed E-state index contributed by atoms with van der Waals surface area (Å²) < 4.78 is 5.80. The van der Waals surface area contributed by atoms with E-state index in [1.807, 2.05) is 0 Å². The molecular weight excluding hydrogens is 264 g/mol. The van der Waals surface area contributed by atoms with Crippen LogP contribution in [0.3, 0.4) is 0 Å². The fourth-order valence-electron chi connectivity index (χ4n) is 2.60. The number of allylic oxidation sites excluding steroid dienone is 2. The van der Waals surface area contributed by atoms with Gasteiger partial charge in [0.1, 0.15) is 6.10 Å². The maximum Gasteiger partial charge on any atom is 0.109 e.